The predicted octanol–water partition coefficient (Wildman–Crippen LogP) is 4.21. The third-order valence-electron chi connectivity index (χ3n) is 4.81. The summed E-state index contributed by atoms with van der Waals surface area (Å²) in [5, 5.41) is 6.67. The van der Waals surface area contributed by atoms with Crippen LogP contribution in [0.5, 0.6) is 11.5 Å². The molecule has 0 aliphatic carbocycles. The topological polar surface area (TPSA) is 58.1 Å². The Kier molecular flexibility index (Phi) is 10.5. The van der Waals surface area contributed by atoms with Crippen LogP contribution in [-0.2, 0) is 6.54 Å². The molecule has 3 rings (SSSR count). The van der Waals surface area contributed by atoms with Gasteiger partial charge in [-0.2, -0.15) is 0 Å². The molecular formula is C24H33IN4O2. The van der Waals surface area contributed by atoms with E-state index in [0.29, 0.717) is 13.1 Å². The quantitative estimate of drug-likeness (QED) is 0.218. The van der Waals surface area contributed by atoms with Crippen LogP contribution in [0.15, 0.2) is 65.7 Å². The molecule has 168 valence electrons. The monoisotopic (exact) mass is 536 g/mol. The molecule has 0 saturated heterocycles. The number of anilines is 1. The minimum absolute atomic E-state index is 0. The number of hydrogen-bond donors (Lipinski definition) is 2. The fraction of sp³-hybridized carbons (Fsp3) is 0.375. The Hall–Kier alpha value is -2.42. The molecule has 2 N–H and O–H groups in total. The number of hydrogen-bond acceptors (Lipinski definition) is 4. The van der Waals surface area contributed by atoms with Crippen molar-refractivity contribution in [3.63, 3.8) is 0 Å². The van der Waals surface area contributed by atoms with Crippen LogP contribution in [0.4, 0.5) is 5.69 Å². The first-order valence-electron chi connectivity index (χ1n) is 10.5. The fourth-order valence-electron chi connectivity index (χ4n) is 3.27. The maximum atomic E-state index is 6.02. The summed E-state index contributed by atoms with van der Waals surface area (Å²) in [4.78, 5) is 7.09. The summed E-state index contributed by atoms with van der Waals surface area (Å²) in [5.74, 6) is 2.25. The lowest BCUT2D eigenvalue weighted by Gasteiger charge is -2.19. The third-order valence-corrected chi connectivity index (χ3v) is 4.81. The van der Waals surface area contributed by atoms with Crippen LogP contribution in [0.25, 0.3) is 0 Å². The van der Waals surface area contributed by atoms with Crippen molar-refractivity contribution in [1.82, 2.24) is 10.6 Å². The zero-order chi connectivity index (χ0) is 21.2. The maximum Gasteiger partial charge on any atom is 0.191 e. The van der Waals surface area contributed by atoms with Gasteiger partial charge < -0.3 is 25.0 Å². The van der Waals surface area contributed by atoms with Crippen LogP contribution in [0.2, 0.25) is 0 Å². The SMILES string of the molecule is CCNC(=NCc1cccc(N2CC=CC2)c1)NCC(C)Oc1ccccc1OC.I. The van der Waals surface area contributed by atoms with Crippen LogP contribution < -0.4 is 25.0 Å². The second-order valence-electron chi connectivity index (χ2n) is 7.20. The lowest BCUT2D eigenvalue weighted by atomic mass is 10.2. The first-order chi connectivity index (χ1) is 14.7. The number of nitrogens with one attached hydrogen (secondary N) is 2. The van der Waals surface area contributed by atoms with Gasteiger partial charge in [-0.15, -0.1) is 24.0 Å². The predicted molar refractivity (Wildman–Crippen MR) is 139 cm³/mol. The maximum absolute atomic E-state index is 6.02. The van der Waals surface area contributed by atoms with Crippen molar-refractivity contribution in [3.05, 3.63) is 66.2 Å². The van der Waals surface area contributed by atoms with E-state index in [4.69, 9.17) is 14.5 Å². The average molecular weight is 536 g/mol. The van der Waals surface area contributed by atoms with Gasteiger partial charge in [0.25, 0.3) is 0 Å². The summed E-state index contributed by atoms with van der Waals surface area (Å²) in [5.41, 5.74) is 2.43. The number of benzene rings is 2. The molecule has 1 atom stereocenters. The molecule has 7 heteroatoms. The Morgan fingerprint density at radius 1 is 1.06 bits per heavy atom. The molecule has 1 unspecified atom stereocenters. The summed E-state index contributed by atoms with van der Waals surface area (Å²) in [6.45, 7) is 8.08. The van der Waals surface area contributed by atoms with Crippen molar-refractivity contribution in [3.8, 4) is 11.5 Å². The lowest BCUT2D eigenvalue weighted by Crippen LogP contribution is -2.41. The van der Waals surface area contributed by atoms with Gasteiger partial charge >= 0.3 is 0 Å². The van der Waals surface area contributed by atoms with E-state index in [1.165, 1.54) is 11.3 Å². The molecule has 0 saturated carbocycles. The highest BCUT2D eigenvalue weighted by Crippen LogP contribution is 2.26. The van der Waals surface area contributed by atoms with Gasteiger partial charge in [-0.3, -0.25) is 0 Å². The number of rotatable bonds is 9. The number of halogens is 1. The zero-order valence-electron chi connectivity index (χ0n) is 18.5. The summed E-state index contributed by atoms with van der Waals surface area (Å²) in [6, 6.07) is 16.3. The largest absolute Gasteiger partial charge is 0.493 e. The summed E-state index contributed by atoms with van der Waals surface area (Å²) in [6.07, 6.45) is 4.36. The van der Waals surface area contributed by atoms with E-state index in [-0.39, 0.29) is 30.1 Å². The van der Waals surface area contributed by atoms with E-state index in [1.54, 1.807) is 7.11 Å². The van der Waals surface area contributed by atoms with Crippen molar-refractivity contribution in [2.75, 3.05) is 38.2 Å². The third kappa shape index (κ3) is 7.65. The standard InChI is InChI=1S/C24H32N4O2.HI/c1-4-25-24(26-17-19(2)30-23-13-6-5-12-22(23)29-3)27-18-20-10-9-11-21(16-20)28-14-7-8-15-28;/h5-13,16,19H,4,14-15,17-18H2,1-3H3,(H2,25,26,27);1H. The van der Waals surface area contributed by atoms with E-state index in [9.17, 15) is 0 Å². The number of guanidine groups is 1. The van der Waals surface area contributed by atoms with E-state index >= 15 is 0 Å². The molecule has 0 radical (unpaired) electrons. The Morgan fingerprint density at radius 3 is 2.52 bits per heavy atom. The highest BCUT2D eigenvalue weighted by Gasteiger charge is 2.10. The summed E-state index contributed by atoms with van der Waals surface area (Å²) >= 11 is 0. The van der Waals surface area contributed by atoms with Crippen LogP contribution in [0.3, 0.4) is 0 Å². The van der Waals surface area contributed by atoms with Crippen LogP contribution >= 0.6 is 24.0 Å². The normalized spacial score (nSPS) is 14.0. The van der Waals surface area contributed by atoms with E-state index in [0.717, 1.165) is 37.1 Å². The van der Waals surface area contributed by atoms with Crippen LogP contribution in [0.1, 0.15) is 19.4 Å². The molecule has 0 fully saturated rings. The second-order valence-corrected chi connectivity index (χ2v) is 7.20. The summed E-state index contributed by atoms with van der Waals surface area (Å²) in [7, 11) is 1.65. The Morgan fingerprint density at radius 2 is 1.81 bits per heavy atom. The molecule has 0 bridgehead atoms. The minimum atomic E-state index is -0.0452. The molecule has 1 aliphatic rings. The molecule has 1 heterocycles. The van der Waals surface area contributed by atoms with Gasteiger partial charge in [0.05, 0.1) is 20.2 Å². The van der Waals surface area contributed by atoms with E-state index in [2.05, 4.69) is 58.9 Å². The van der Waals surface area contributed by atoms with Crippen molar-refractivity contribution in [1.29, 1.82) is 0 Å². The lowest BCUT2D eigenvalue weighted by molar-refractivity contribution is 0.213. The van der Waals surface area contributed by atoms with Gasteiger partial charge in [-0.1, -0.05) is 36.4 Å². The molecule has 2 aromatic carbocycles. The molecule has 1 aliphatic heterocycles. The number of para-hydroxylation sites is 2. The Balaban J connectivity index is 0.00000341. The van der Waals surface area contributed by atoms with Crippen molar-refractivity contribution >= 4 is 35.6 Å². The fourth-order valence-corrected chi connectivity index (χ4v) is 3.27. The van der Waals surface area contributed by atoms with Crippen molar-refractivity contribution < 1.29 is 9.47 Å². The molecule has 6 nitrogen and oxygen atoms in total. The minimum Gasteiger partial charge on any atom is -0.493 e. The summed E-state index contributed by atoms with van der Waals surface area (Å²) < 4.78 is 11.4. The van der Waals surface area contributed by atoms with Gasteiger partial charge in [0.1, 0.15) is 6.10 Å². The van der Waals surface area contributed by atoms with E-state index in [1.807, 2.05) is 31.2 Å². The molecule has 31 heavy (non-hydrogen) atoms. The van der Waals surface area contributed by atoms with Gasteiger partial charge in [0.15, 0.2) is 17.5 Å². The van der Waals surface area contributed by atoms with Gasteiger partial charge in [0, 0.05) is 25.3 Å². The Bertz CT molecular complexity index is 864. The van der Waals surface area contributed by atoms with Gasteiger partial charge in [0.2, 0.25) is 0 Å². The second kappa shape index (κ2) is 13.1. The number of nitrogens with zero attached hydrogens (tertiary/aromatic N) is 2. The molecular weight excluding hydrogens is 503 g/mol. The number of methoxy groups -OCH3 is 1. The van der Waals surface area contributed by atoms with Crippen molar-refractivity contribution in [2.45, 2.75) is 26.5 Å². The van der Waals surface area contributed by atoms with Gasteiger partial charge in [-0.25, -0.2) is 4.99 Å². The number of aliphatic imine (C=N–C) groups is 1. The number of ether oxygens (including phenoxy) is 2. The average Bonchev–Trinajstić information content (AvgIpc) is 3.31. The van der Waals surface area contributed by atoms with Crippen molar-refractivity contribution in [2.24, 2.45) is 4.99 Å². The first-order valence-corrected chi connectivity index (χ1v) is 10.5. The van der Waals surface area contributed by atoms with Gasteiger partial charge in [-0.05, 0) is 43.7 Å². The highest BCUT2D eigenvalue weighted by atomic mass is 127. The smallest absolute Gasteiger partial charge is 0.191 e. The first kappa shape index (κ1) is 24.8. The highest BCUT2D eigenvalue weighted by molar-refractivity contribution is 14.0. The Labute approximate surface area is 202 Å². The van der Waals surface area contributed by atoms with E-state index < -0.39 is 0 Å². The van der Waals surface area contributed by atoms with Crippen LogP contribution in [-0.4, -0.2) is 45.4 Å². The zero-order valence-corrected chi connectivity index (χ0v) is 20.8. The molecule has 0 amide bonds. The molecule has 0 spiro atoms. The molecule has 2 aromatic rings. The molecule has 0 aromatic heterocycles. The van der Waals surface area contributed by atoms with Crippen LogP contribution in [0, 0.1) is 0 Å².